The van der Waals surface area contributed by atoms with E-state index >= 15 is 0 Å². The van der Waals surface area contributed by atoms with Gasteiger partial charge >= 0.3 is 0 Å². The maximum Gasteiger partial charge on any atom is 0.263 e. The van der Waals surface area contributed by atoms with E-state index in [-0.39, 0.29) is 28.5 Å². The number of nitrogens with zero attached hydrogens (tertiary/aromatic N) is 6. The molecule has 10 nitrogen and oxygen atoms in total. The predicted octanol–water partition coefficient (Wildman–Crippen LogP) is 4.85. The van der Waals surface area contributed by atoms with Crippen LogP contribution in [-0.4, -0.2) is 75.0 Å². The van der Waals surface area contributed by atoms with Gasteiger partial charge in [0.1, 0.15) is 11.5 Å². The maximum atomic E-state index is 13.5. The fourth-order valence-corrected chi connectivity index (χ4v) is 6.84. The van der Waals surface area contributed by atoms with Crippen molar-refractivity contribution in [3.05, 3.63) is 46.0 Å². The maximum absolute atomic E-state index is 13.5. The summed E-state index contributed by atoms with van der Waals surface area (Å²) in [6.07, 6.45) is 9.88. The lowest BCUT2D eigenvalue weighted by Crippen LogP contribution is -2.58. The van der Waals surface area contributed by atoms with Crippen molar-refractivity contribution < 1.29 is 4.79 Å². The van der Waals surface area contributed by atoms with Crippen molar-refractivity contribution in [1.29, 1.82) is 0 Å². The van der Waals surface area contributed by atoms with Gasteiger partial charge in [0.05, 0.1) is 17.4 Å². The molecule has 6 rings (SSSR count). The summed E-state index contributed by atoms with van der Waals surface area (Å²) in [5.74, 6) is 0.820. The third kappa shape index (κ3) is 5.92. The number of piperidine rings is 1. The number of piperazine rings is 1. The first kappa shape index (κ1) is 30.1. The van der Waals surface area contributed by atoms with E-state index in [1.807, 2.05) is 33.0 Å². The molecule has 3 fully saturated rings. The van der Waals surface area contributed by atoms with E-state index in [9.17, 15) is 9.59 Å². The molecule has 2 aliphatic heterocycles. The number of aromatic nitrogens is 4. The van der Waals surface area contributed by atoms with Crippen molar-refractivity contribution >= 4 is 34.3 Å². The minimum absolute atomic E-state index is 0.0480. The first-order valence-corrected chi connectivity index (χ1v) is 15.7. The van der Waals surface area contributed by atoms with Gasteiger partial charge in [-0.15, -0.1) is 0 Å². The summed E-state index contributed by atoms with van der Waals surface area (Å²) in [7, 11) is 0. The molecule has 0 atom stereocenters. The zero-order chi connectivity index (χ0) is 29.9. The fraction of sp³-hybridized carbons (Fsp3) is 0.594. The topological polar surface area (TPSA) is 108 Å². The molecule has 1 aliphatic carbocycles. The van der Waals surface area contributed by atoms with Crippen LogP contribution in [0.2, 0.25) is 0 Å². The molecular formula is C32H46N8O2. The number of rotatable bonds is 6. The Kier molecular flexibility index (Phi) is 9.22. The number of nitrogens with one attached hydrogen (secondary N) is 2. The Morgan fingerprint density at radius 1 is 1.02 bits per heavy atom. The van der Waals surface area contributed by atoms with Crippen LogP contribution in [0.25, 0.3) is 11.0 Å². The van der Waals surface area contributed by atoms with Crippen LogP contribution >= 0.6 is 0 Å². The van der Waals surface area contributed by atoms with E-state index in [2.05, 4.69) is 43.4 Å². The number of hydrogen-bond acceptors (Lipinski definition) is 9. The summed E-state index contributed by atoms with van der Waals surface area (Å²) in [6.45, 7) is 16.1. The molecule has 0 radical (unpaired) electrons. The quantitative estimate of drug-likeness (QED) is 0.400. The highest BCUT2D eigenvalue weighted by Crippen LogP contribution is 2.33. The largest absolute Gasteiger partial charge is 0.370 e. The van der Waals surface area contributed by atoms with Gasteiger partial charge in [-0.05, 0) is 64.2 Å². The molecule has 10 heteroatoms. The Balaban J connectivity index is 0.00000173. The van der Waals surface area contributed by atoms with Crippen LogP contribution in [0.4, 0.5) is 17.5 Å². The van der Waals surface area contributed by atoms with E-state index in [1.165, 1.54) is 6.92 Å². The van der Waals surface area contributed by atoms with Gasteiger partial charge in [0.25, 0.3) is 5.56 Å². The zero-order valence-corrected chi connectivity index (χ0v) is 25.9. The number of carbonyl (C=O) groups excluding carboxylic acids is 1. The first-order valence-electron chi connectivity index (χ1n) is 15.7. The molecule has 0 aromatic carbocycles. The number of hydrogen-bond donors (Lipinski definition) is 2. The number of pyridine rings is 2. The molecule has 1 saturated carbocycles. The van der Waals surface area contributed by atoms with Crippen LogP contribution in [0, 0.1) is 6.92 Å². The van der Waals surface area contributed by atoms with Crippen LogP contribution in [-0.2, 0) is 0 Å². The summed E-state index contributed by atoms with van der Waals surface area (Å²) < 4.78 is 1.74. The van der Waals surface area contributed by atoms with Crippen molar-refractivity contribution in [2.75, 3.05) is 49.5 Å². The van der Waals surface area contributed by atoms with Gasteiger partial charge in [0, 0.05) is 62.4 Å². The van der Waals surface area contributed by atoms with Crippen molar-refractivity contribution in [2.24, 2.45) is 0 Å². The van der Waals surface area contributed by atoms with Gasteiger partial charge in [-0.1, -0.05) is 26.7 Å². The van der Waals surface area contributed by atoms with Crippen molar-refractivity contribution in [3.63, 3.8) is 0 Å². The van der Waals surface area contributed by atoms with E-state index in [1.54, 1.807) is 10.8 Å². The molecule has 5 heterocycles. The van der Waals surface area contributed by atoms with Gasteiger partial charge in [0.2, 0.25) is 5.95 Å². The van der Waals surface area contributed by atoms with Gasteiger partial charge in [0.15, 0.2) is 5.78 Å². The number of carbonyl (C=O) groups is 1. The van der Waals surface area contributed by atoms with Crippen molar-refractivity contribution in [1.82, 2.24) is 29.7 Å². The summed E-state index contributed by atoms with van der Waals surface area (Å²) in [4.78, 5) is 44.9. The predicted molar refractivity (Wildman–Crippen MR) is 169 cm³/mol. The van der Waals surface area contributed by atoms with E-state index in [4.69, 9.17) is 4.98 Å². The smallest absolute Gasteiger partial charge is 0.263 e. The van der Waals surface area contributed by atoms with Crippen LogP contribution in [0.1, 0.15) is 88.2 Å². The van der Waals surface area contributed by atoms with Gasteiger partial charge < -0.3 is 15.5 Å². The molecular weight excluding hydrogens is 528 g/mol. The van der Waals surface area contributed by atoms with E-state index in [0.717, 1.165) is 88.9 Å². The minimum atomic E-state index is -0.244. The van der Waals surface area contributed by atoms with Gasteiger partial charge in [-0.25, -0.2) is 9.97 Å². The molecule has 3 aliphatic rings. The Bertz CT molecular complexity index is 1450. The highest BCUT2D eigenvalue weighted by atomic mass is 16.1. The van der Waals surface area contributed by atoms with E-state index < -0.39 is 0 Å². The summed E-state index contributed by atoms with van der Waals surface area (Å²) in [5, 5.41) is 7.43. The second-order valence-corrected chi connectivity index (χ2v) is 11.8. The monoisotopic (exact) mass is 574 g/mol. The number of aryl methyl sites for hydroxylation is 1. The molecule has 0 amide bonds. The second kappa shape index (κ2) is 12.9. The molecule has 0 bridgehead atoms. The molecule has 3 aromatic heterocycles. The highest BCUT2D eigenvalue weighted by Gasteiger charge is 2.36. The van der Waals surface area contributed by atoms with Crippen LogP contribution < -0.4 is 21.1 Å². The normalized spacial score (nSPS) is 19.4. The number of ketones is 1. The van der Waals surface area contributed by atoms with Crippen LogP contribution in [0.5, 0.6) is 0 Å². The molecule has 0 unspecified atom stereocenters. The summed E-state index contributed by atoms with van der Waals surface area (Å²) >= 11 is 0. The summed E-state index contributed by atoms with van der Waals surface area (Å²) in [6, 6.07) is 4.11. The van der Waals surface area contributed by atoms with Crippen molar-refractivity contribution in [3.8, 4) is 0 Å². The van der Waals surface area contributed by atoms with Gasteiger partial charge in [-0.2, -0.15) is 4.98 Å². The summed E-state index contributed by atoms with van der Waals surface area (Å²) in [5.41, 5.74) is 2.61. The minimum Gasteiger partial charge on any atom is -0.370 e. The molecule has 2 saturated heterocycles. The van der Waals surface area contributed by atoms with Gasteiger partial charge in [-0.3, -0.25) is 19.1 Å². The average Bonchev–Trinajstić information content (AvgIpc) is 3.54. The molecule has 42 heavy (non-hydrogen) atoms. The first-order chi connectivity index (χ1) is 20.3. The molecule has 226 valence electrons. The Labute approximate surface area is 248 Å². The van der Waals surface area contributed by atoms with Crippen LogP contribution in [0.15, 0.2) is 29.3 Å². The standard InChI is InChI=1S/C30H40N8O2.C2H6/c1-20-24-19-33-29(35-27(24)38(22-6-4-5-7-22)28(40)26(20)21(2)39)34-25-9-8-23(18-32-25)36-14-10-30(3,11-15-36)37-16-12-31-13-17-37;1-2/h8-9,18-19,22,31H,4-7,10-17H2,1-3H3,(H,32,33,34,35);1-2H3. The van der Waals surface area contributed by atoms with E-state index in [0.29, 0.717) is 23.0 Å². The van der Waals surface area contributed by atoms with Crippen molar-refractivity contribution in [2.45, 2.75) is 84.7 Å². The second-order valence-electron chi connectivity index (χ2n) is 11.8. The third-order valence-corrected chi connectivity index (χ3v) is 9.32. The Hall–Kier alpha value is -3.37. The lowest BCUT2D eigenvalue weighted by Gasteiger charge is -2.48. The van der Waals surface area contributed by atoms with Crippen LogP contribution in [0.3, 0.4) is 0 Å². The lowest BCUT2D eigenvalue weighted by atomic mass is 9.87. The number of fused-ring (bicyclic) bond motifs is 1. The molecule has 3 aromatic rings. The average molecular weight is 575 g/mol. The Morgan fingerprint density at radius 2 is 1.71 bits per heavy atom. The molecule has 2 N–H and O–H groups in total. The number of anilines is 3. The number of Topliss-reactive ketones (excluding diaryl/α,β-unsaturated/α-hetero) is 1. The fourth-order valence-electron chi connectivity index (χ4n) is 6.84. The lowest BCUT2D eigenvalue weighted by molar-refractivity contribution is 0.0659. The zero-order valence-electron chi connectivity index (χ0n) is 25.9. The third-order valence-electron chi connectivity index (χ3n) is 9.32. The molecule has 0 spiro atoms. The Morgan fingerprint density at radius 3 is 2.33 bits per heavy atom. The highest BCUT2D eigenvalue weighted by molar-refractivity contribution is 5.99. The SMILES string of the molecule is CC.CC(=O)c1c(C)c2cnc(Nc3ccc(N4CCC(C)(N5CCNCC5)CC4)cn3)nc2n(C2CCCC2)c1=O.